The van der Waals surface area contributed by atoms with E-state index in [-0.39, 0.29) is 18.2 Å². The second kappa shape index (κ2) is 10.5. The molecule has 1 amide bonds. The van der Waals surface area contributed by atoms with Gasteiger partial charge in [-0.05, 0) is 74.4 Å². The number of halogens is 1. The summed E-state index contributed by atoms with van der Waals surface area (Å²) < 4.78 is 48.0. The van der Waals surface area contributed by atoms with Gasteiger partial charge in [-0.1, -0.05) is 20.8 Å². The number of benzene rings is 2. The predicted molar refractivity (Wildman–Crippen MR) is 176 cm³/mol. The van der Waals surface area contributed by atoms with Crippen LogP contribution in [0.5, 0.6) is 5.75 Å². The van der Waals surface area contributed by atoms with Crippen LogP contribution in [0, 0.1) is 25.1 Å². The lowest BCUT2D eigenvalue weighted by Gasteiger charge is -2.51. The zero-order valence-corrected chi connectivity index (χ0v) is 27.2. The monoisotopic (exact) mass is 642 g/mol. The third kappa shape index (κ3) is 4.31. The first kappa shape index (κ1) is 27.1. The summed E-state index contributed by atoms with van der Waals surface area (Å²) in [7, 11) is 0. The van der Waals surface area contributed by atoms with Crippen LogP contribution in [0.4, 0.5) is 20.7 Å². The quantitative estimate of drug-likeness (QED) is 0.267. The van der Waals surface area contributed by atoms with E-state index in [9.17, 15) is 19.1 Å². The number of ether oxygens (including phenoxy) is 1. The Hall–Kier alpha value is -5.09. The van der Waals surface area contributed by atoms with Crippen molar-refractivity contribution in [1.82, 2.24) is 24.5 Å². The Bertz CT molecular complexity index is 2150. The highest BCUT2D eigenvalue weighted by Gasteiger charge is 2.54. The third-order valence-electron chi connectivity index (χ3n) is 9.95. The lowest BCUT2D eigenvalue weighted by molar-refractivity contribution is 0.00401. The van der Waals surface area contributed by atoms with E-state index in [1.807, 2.05) is 27.7 Å². The van der Waals surface area contributed by atoms with Crippen LogP contribution in [0.25, 0.3) is 16.6 Å². The maximum absolute atomic E-state index is 14.9. The summed E-state index contributed by atoms with van der Waals surface area (Å²) >= 11 is 0. The SMILES string of the molecule is [2H]C([2H])([2H])n1nc2c3c(c(N4C=CN(c5c6c(nn5-c5cc(C)c(F)c(C)c5)CCN(C(=O)O)[C@@]6(C)C(C)(C)C)C4=C=O)ccc31)OCCC2. The fourth-order valence-electron chi connectivity index (χ4n) is 7.24. The highest BCUT2D eigenvalue weighted by Crippen LogP contribution is 2.53. The maximum Gasteiger partial charge on any atom is 0.408 e. The van der Waals surface area contributed by atoms with Crippen molar-refractivity contribution in [2.45, 2.75) is 66.3 Å². The Kier molecular flexibility index (Phi) is 6.03. The molecule has 3 aliphatic rings. The molecule has 12 heteroatoms. The Morgan fingerprint density at radius 3 is 2.49 bits per heavy atom. The Balaban J connectivity index is 1.46. The summed E-state index contributed by atoms with van der Waals surface area (Å²) in [6.45, 7) is 9.15. The summed E-state index contributed by atoms with van der Waals surface area (Å²) in [5.41, 5.74) is 2.31. The minimum absolute atomic E-state index is 0.0430. The molecule has 0 spiro atoms. The summed E-state index contributed by atoms with van der Waals surface area (Å²) in [5, 5.41) is 20.5. The molecule has 1 atom stereocenters. The van der Waals surface area contributed by atoms with E-state index in [4.69, 9.17) is 13.9 Å². The zero-order chi connectivity index (χ0) is 36.1. The van der Waals surface area contributed by atoms with Crippen molar-refractivity contribution in [2.24, 2.45) is 12.4 Å². The van der Waals surface area contributed by atoms with E-state index < -0.39 is 24.0 Å². The highest BCUT2D eigenvalue weighted by atomic mass is 19.1. The lowest BCUT2D eigenvalue weighted by Crippen LogP contribution is -2.58. The van der Waals surface area contributed by atoms with Crippen molar-refractivity contribution >= 4 is 34.4 Å². The molecule has 244 valence electrons. The van der Waals surface area contributed by atoms with Crippen LogP contribution in [0.2, 0.25) is 0 Å². The number of hydrogen-bond donors (Lipinski definition) is 1. The number of carbonyl (C=O) groups is 1. The van der Waals surface area contributed by atoms with E-state index in [2.05, 4.69) is 11.0 Å². The van der Waals surface area contributed by atoms with Crippen molar-refractivity contribution in [3.8, 4) is 11.4 Å². The van der Waals surface area contributed by atoms with Gasteiger partial charge in [-0.3, -0.25) is 19.4 Å². The fraction of sp³-hybridized carbons (Fsp3) is 0.400. The van der Waals surface area contributed by atoms with Crippen LogP contribution in [-0.4, -0.2) is 54.8 Å². The van der Waals surface area contributed by atoms with E-state index in [1.54, 1.807) is 65.0 Å². The normalized spacial score (nSPS) is 20.4. The van der Waals surface area contributed by atoms with Gasteiger partial charge >= 0.3 is 6.09 Å². The molecule has 11 nitrogen and oxygen atoms in total. The maximum atomic E-state index is 14.9. The number of carbonyl (C=O) groups excluding carboxylic acids is 1. The van der Waals surface area contributed by atoms with E-state index in [0.29, 0.717) is 87.8 Å². The van der Waals surface area contributed by atoms with Crippen LogP contribution in [0.15, 0.2) is 42.5 Å². The zero-order valence-electron chi connectivity index (χ0n) is 30.2. The van der Waals surface area contributed by atoms with Gasteiger partial charge in [0.1, 0.15) is 11.6 Å². The van der Waals surface area contributed by atoms with Crippen LogP contribution >= 0.6 is 0 Å². The van der Waals surface area contributed by atoms with Crippen molar-refractivity contribution in [1.29, 1.82) is 0 Å². The van der Waals surface area contributed by atoms with Crippen molar-refractivity contribution in [3.63, 3.8) is 0 Å². The van der Waals surface area contributed by atoms with Gasteiger partial charge in [0, 0.05) is 42.0 Å². The molecule has 7 rings (SSSR count). The van der Waals surface area contributed by atoms with Crippen LogP contribution in [0.1, 0.15) is 66.3 Å². The average molecular weight is 643 g/mol. The van der Waals surface area contributed by atoms with Crippen LogP contribution in [0.3, 0.4) is 0 Å². The number of nitrogens with zero attached hydrogens (tertiary/aromatic N) is 7. The molecule has 2 aromatic heterocycles. The predicted octanol–water partition coefficient (Wildman–Crippen LogP) is 6.11. The molecule has 0 radical (unpaired) electrons. The third-order valence-corrected chi connectivity index (χ3v) is 9.95. The van der Waals surface area contributed by atoms with Gasteiger partial charge < -0.3 is 9.84 Å². The van der Waals surface area contributed by atoms with Crippen LogP contribution < -0.4 is 14.5 Å². The Morgan fingerprint density at radius 1 is 1.11 bits per heavy atom. The van der Waals surface area contributed by atoms with E-state index >= 15 is 0 Å². The number of aryl methyl sites for hydroxylation is 4. The number of anilines is 2. The molecule has 0 saturated heterocycles. The molecule has 47 heavy (non-hydrogen) atoms. The number of carboxylic acid groups (broad SMARTS) is 1. The topological polar surface area (TPSA) is 109 Å². The van der Waals surface area contributed by atoms with Crippen molar-refractivity contribution < 1.29 is 27.9 Å². The average Bonchev–Trinajstić information content (AvgIpc) is 3.70. The number of fused-ring (bicyclic) bond motifs is 1. The molecule has 3 aliphatic heterocycles. The number of rotatable bonds is 3. The Labute approximate surface area is 276 Å². The first-order valence-electron chi connectivity index (χ1n) is 17.1. The minimum atomic E-state index is -2.51. The summed E-state index contributed by atoms with van der Waals surface area (Å²) in [6.07, 6.45) is 3.73. The first-order valence-corrected chi connectivity index (χ1v) is 15.6. The molecule has 1 N–H and O–H groups in total. The summed E-state index contributed by atoms with van der Waals surface area (Å²) in [4.78, 5) is 30.6. The van der Waals surface area contributed by atoms with Gasteiger partial charge in [0.2, 0.25) is 5.82 Å². The van der Waals surface area contributed by atoms with Gasteiger partial charge in [0.25, 0.3) is 0 Å². The van der Waals surface area contributed by atoms with Crippen molar-refractivity contribution in [2.75, 3.05) is 23.0 Å². The van der Waals surface area contributed by atoms with E-state index in [1.165, 1.54) is 4.90 Å². The smallest absolute Gasteiger partial charge is 0.408 e. The number of amides is 1. The molecule has 0 saturated carbocycles. The van der Waals surface area contributed by atoms with Gasteiger partial charge in [-0.2, -0.15) is 10.2 Å². The first-order chi connectivity index (χ1) is 23.5. The lowest BCUT2D eigenvalue weighted by atomic mass is 9.67. The van der Waals surface area contributed by atoms with Gasteiger partial charge in [0.05, 0.1) is 45.8 Å². The molecule has 0 bridgehead atoms. The second-order valence-electron chi connectivity index (χ2n) is 13.5. The summed E-state index contributed by atoms with van der Waals surface area (Å²) in [6, 6.07) is 6.69. The molecule has 4 aromatic rings. The molecular weight excluding hydrogens is 601 g/mol. The Morgan fingerprint density at radius 2 is 1.83 bits per heavy atom. The molecule has 2 aromatic carbocycles. The fourth-order valence-corrected chi connectivity index (χ4v) is 7.24. The molecule has 0 unspecified atom stereocenters. The van der Waals surface area contributed by atoms with Crippen LogP contribution in [-0.2, 0) is 30.2 Å². The minimum Gasteiger partial charge on any atom is -0.491 e. The molecule has 0 aliphatic carbocycles. The molecule has 5 heterocycles. The number of hydrogen-bond acceptors (Lipinski definition) is 7. The van der Waals surface area contributed by atoms with Gasteiger partial charge in [0.15, 0.2) is 11.7 Å². The largest absolute Gasteiger partial charge is 0.491 e. The summed E-state index contributed by atoms with van der Waals surface area (Å²) in [5.74, 6) is 2.61. The molecule has 0 fully saturated rings. The second-order valence-corrected chi connectivity index (χ2v) is 13.5. The highest BCUT2D eigenvalue weighted by molar-refractivity contribution is 5.96. The van der Waals surface area contributed by atoms with Crippen molar-refractivity contribution in [3.05, 3.63) is 76.4 Å². The standard InChI is InChI=1S/C35H38FN7O4/c1-20-17-22(18-21(2)30(20)36)43-32(29-24(38-43)12-13-42(33(45)46)35(29,6)34(3,4)5)41-15-14-40(27(41)19-44)26-11-10-25-28-23(37-39(25)7)9-8-16-47-31(26)28/h10-11,14-15,17-18H,8-9,12-13,16H2,1-7H3,(H,45,46)/t35-/m1/s1/i7D3. The number of aromatic nitrogens is 4. The van der Waals surface area contributed by atoms with E-state index in [0.717, 1.165) is 4.68 Å². The molecular formula is C35H38FN7O4. The van der Waals surface area contributed by atoms with Gasteiger partial charge in [-0.25, -0.2) is 18.7 Å². The van der Waals surface area contributed by atoms with Gasteiger partial charge in [-0.15, -0.1) is 0 Å².